The summed E-state index contributed by atoms with van der Waals surface area (Å²) < 4.78 is 5.44. The lowest BCUT2D eigenvalue weighted by atomic mass is 10.1. The second kappa shape index (κ2) is 6.55. The Morgan fingerprint density at radius 2 is 1.75 bits per heavy atom. The van der Waals surface area contributed by atoms with Gasteiger partial charge in [0, 0.05) is 24.8 Å². The van der Waals surface area contributed by atoms with Crippen LogP contribution in [0.5, 0.6) is 0 Å². The van der Waals surface area contributed by atoms with Gasteiger partial charge in [0.15, 0.2) is 0 Å². The number of rotatable bonds is 4. The molecule has 0 amide bonds. The zero-order chi connectivity index (χ0) is 13.6. The first-order valence-electron chi connectivity index (χ1n) is 7.12. The molecule has 1 aliphatic rings. The third kappa shape index (κ3) is 3.38. The summed E-state index contributed by atoms with van der Waals surface area (Å²) in [5, 5.41) is 6.89. The van der Waals surface area contributed by atoms with Crippen LogP contribution in [-0.2, 0) is 4.74 Å². The van der Waals surface area contributed by atoms with E-state index in [9.17, 15) is 0 Å². The lowest BCUT2D eigenvalue weighted by Crippen LogP contribution is -2.45. The van der Waals surface area contributed by atoms with Gasteiger partial charge < -0.3 is 15.4 Å². The molecule has 2 aromatic carbocycles. The molecular formula is C17H20N2O. The molecule has 1 saturated heterocycles. The normalized spacial score (nSPS) is 18.7. The lowest BCUT2D eigenvalue weighted by Gasteiger charge is -2.24. The van der Waals surface area contributed by atoms with Crippen LogP contribution in [0.25, 0.3) is 11.1 Å². The van der Waals surface area contributed by atoms with Crippen LogP contribution in [0.15, 0.2) is 54.6 Å². The zero-order valence-electron chi connectivity index (χ0n) is 11.5. The first-order chi connectivity index (χ1) is 9.92. The van der Waals surface area contributed by atoms with Gasteiger partial charge in [-0.25, -0.2) is 0 Å². The van der Waals surface area contributed by atoms with E-state index in [-0.39, 0.29) is 0 Å². The predicted molar refractivity (Wildman–Crippen MR) is 83.0 cm³/mol. The quantitative estimate of drug-likeness (QED) is 0.894. The summed E-state index contributed by atoms with van der Waals surface area (Å²) in [6.45, 7) is 3.45. The Labute approximate surface area is 120 Å². The van der Waals surface area contributed by atoms with Crippen LogP contribution in [0, 0.1) is 0 Å². The molecular weight excluding hydrogens is 248 g/mol. The molecule has 2 N–H and O–H groups in total. The Morgan fingerprint density at radius 3 is 2.45 bits per heavy atom. The topological polar surface area (TPSA) is 33.3 Å². The van der Waals surface area contributed by atoms with Crippen molar-refractivity contribution < 1.29 is 4.74 Å². The highest BCUT2D eigenvalue weighted by atomic mass is 16.5. The molecule has 1 aliphatic heterocycles. The Bertz CT molecular complexity index is 518. The van der Waals surface area contributed by atoms with Crippen molar-refractivity contribution in [1.29, 1.82) is 0 Å². The highest BCUT2D eigenvalue weighted by Crippen LogP contribution is 2.20. The number of ether oxygens (including phenoxy) is 1. The van der Waals surface area contributed by atoms with Gasteiger partial charge in [-0.2, -0.15) is 0 Å². The third-order valence-corrected chi connectivity index (χ3v) is 3.54. The van der Waals surface area contributed by atoms with Crippen LogP contribution in [0.1, 0.15) is 0 Å². The number of benzene rings is 2. The van der Waals surface area contributed by atoms with E-state index >= 15 is 0 Å². The van der Waals surface area contributed by atoms with Crippen LogP contribution in [0.4, 0.5) is 5.69 Å². The van der Waals surface area contributed by atoms with Crippen molar-refractivity contribution in [3.8, 4) is 11.1 Å². The molecule has 3 rings (SSSR count). The van der Waals surface area contributed by atoms with Gasteiger partial charge in [0.1, 0.15) is 0 Å². The molecule has 2 aromatic rings. The predicted octanol–water partition coefficient (Wildman–Crippen LogP) is 2.75. The van der Waals surface area contributed by atoms with E-state index in [1.807, 2.05) is 6.07 Å². The third-order valence-electron chi connectivity index (χ3n) is 3.54. The largest absolute Gasteiger partial charge is 0.383 e. The molecule has 1 unspecified atom stereocenters. The molecule has 104 valence electrons. The van der Waals surface area contributed by atoms with Gasteiger partial charge >= 0.3 is 0 Å². The average molecular weight is 268 g/mol. The Hall–Kier alpha value is -1.84. The summed E-state index contributed by atoms with van der Waals surface area (Å²) in [4.78, 5) is 0. The van der Waals surface area contributed by atoms with Crippen molar-refractivity contribution in [2.24, 2.45) is 0 Å². The monoisotopic (exact) mass is 268 g/mol. The van der Waals surface area contributed by atoms with Gasteiger partial charge in [-0.15, -0.1) is 0 Å². The molecule has 0 saturated carbocycles. The standard InChI is InChI=1S/C17H20N2O/c1-2-4-14(5-3-1)15-6-8-16(9-7-15)19-12-17-13-20-11-10-18-17/h1-9,17-19H,10-13H2. The molecule has 3 nitrogen and oxygen atoms in total. The van der Waals surface area contributed by atoms with Gasteiger partial charge in [0.25, 0.3) is 0 Å². The van der Waals surface area contributed by atoms with Crippen LogP contribution >= 0.6 is 0 Å². The molecule has 0 bridgehead atoms. The fraction of sp³-hybridized carbons (Fsp3) is 0.294. The Kier molecular flexibility index (Phi) is 4.31. The van der Waals surface area contributed by atoms with Gasteiger partial charge in [0.05, 0.1) is 13.2 Å². The zero-order valence-corrected chi connectivity index (χ0v) is 11.5. The molecule has 20 heavy (non-hydrogen) atoms. The van der Waals surface area contributed by atoms with E-state index in [4.69, 9.17) is 4.74 Å². The second-order valence-corrected chi connectivity index (χ2v) is 5.05. The molecule has 0 aromatic heterocycles. The fourth-order valence-corrected chi connectivity index (χ4v) is 2.40. The molecule has 0 aliphatic carbocycles. The van der Waals surface area contributed by atoms with Gasteiger partial charge in [-0.1, -0.05) is 42.5 Å². The SMILES string of the molecule is c1ccc(-c2ccc(NCC3COCCN3)cc2)cc1. The van der Waals surface area contributed by atoms with Crippen LogP contribution < -0.4 is 10.6 Å². The molecule has 0 radical (unpaired) electrons. The van der Waals surface area contributed by atoms with E-state index < -0.39 is 0 Å². The summed E-state index contributed by atoms with van der Waals surface area (Å²) in [5.74, 6) is 0. The van der Waals surface area contributed by atoms with Crippen molar-refractivity contribution in [3.63, 3.8) is 0 Å². The number of hydrogen-bond donors (Lipinski definition) is 2. The fourth-order valence-electron chi connectivity index (χ4n) is 2.40. The molecule has 0 spiro atoms. The smallest absolute Gasteiger partial charge is 0.0637 e. The minimum absolute atomic E-state index is 0.401. The van der Waals surface area contributed by atoms with E-state index in [1.54, 1.807) is 0 Å². The second-order valence-electron chi connectivity index (χ2n) is 5.05. The molecule has 3 heteroatoms. The van der Waals surface area contributed by atoms with Crippen molar-refractivity contribution in [1.82, 2.24) is 5.32 Å². The molecule has 1 fully saturated rings. The summed E-state index contributed by atoms with van der Waals surface area (Å²) in [5.41, 5.74) is 3.65. The van der Waals surface area contributed by atoms with Crippen LogP contribution in [0.3, 0.4) is 0 Å². The summed E-state index contributed by atoms with van der Waals surface area (Å²) in [6, 6.07) is 19.4. The van der Waals surface area contributed by atoms with Gasteiger partial charge in [-0.3, -0.25) is 0 Å². The Morgan fingerprint density at radius 1 is 1.00 bits per heavy atom. The highest BCUT2D eigenvalue weighted by molar-refractivity contribution is 5.65. The number of anilines is 1. The minimum Gasteiger partial charge on any atom is -0.383 e. The maximum absolute atomic E-state index is 5.44. The number of hydrogen-bond acceptors (Lipinski definition) is 3. The van der Waals surface area contributed by atoms with Crippen molar-refractivity contribution in [2.45, 2.75) is 6.04 Å². The summed E-state index contributed by atoms with van der Waals surface area (Å²) in [6.07, 6.45) is 0. The van der Waals surface area contributed by atoms with E-state index in [2.05, 4.69) is 59.2 Å². The van der Waals surface area contributed by atoms with Gasteiger partial charge in [0.2, 0.25) is 0 Å². The van der Waals surface area contributed by atoms with Crippen molar-refractivity contribution in [3.05, 3.63) is 54.6 Å². The maximum atomic E-state index is 5.44. The number of morpholine rings is 1. The summed E-state index contributed by atoms with van der Waals surface area (Å²) >= 11 is 0. The highest BCUT2D eigenvalue weighted by Gasteiger charge is 2.11. The van der Waals surface area contributed by atoms with Crippen LogP contribution in [0.2, 0.25) is 0 Å². The van der Waals surface area contributed by atoms with Crippen molar-refractivity contribution >= 4 is 5.69 Å². The van der Waals surface area contributed by atoms with E-state index in [0.29, 0.717) is 6.04 Å². The van der Waals surface area contributed by atoms with Crippen molar-refractivity contribution in [2.75, 3.05) is 31.6 Å². The van der Waals surface area contributed by atoms with Gasteiger partial charge in [-0.05, 0) is 23.3 Å². The molecule has 1 atom stereocenters. The first-order valence-corrected chi connectivity index (χ1v) is 7.12. The average Bonchev–Trinajstić information content (AvgIpc) is 2.55. The number of nitrogens with one attached hydrogen (secondary N) is 2. The minimum atomic E-state index is 0.401. The first kappa shape index (κ1) is 13.2. The lowest BCUT2D eigenvalue weighted by molar-refractivity contribution is 0.0806. The maximum Gasteiger partial charge on any atom is 0.0637 e. The van der Waals surface area contributed by atoms with E-state index in [0.717, 1.165) is 32.0 Å². The van der Waals surface area contributed by atoms with E-state index in [1.165, 1.54) is 11.1 Å². The summed E-state index contributed by atoms with van der Waals surface area (Å²) in [7, 11) is 0. The van der Waals surface area contributed by atoms with Crippen LogP contribution in [-0.4, -0.2) is 32.3 Å². The Balaban J connectivity index is 1.58. The molecule has 1 heterocycles.